The predicted molar refractivity (Wildman–Crippen MR) is 49.0 cm³/mol. The Hall–Kier alpha value is -1.01. The summed E-state index contributed by atoms with van der Waals surface area (Å²) >= 11 is 5.34. The van der Waals surface area contributed by atoms with E-state index in [1.54, 1.807) is 6.92 Å². The Bertz CT molecular complexity index is 290. The first-order valence-corrected chi connectivity index (χ1v) is 4.47. The molecule has 0 aromatic heterocycles. The van der Waals surface area contributed by atoms with Gasteiger partial charge < -0.3 is 4.90 Å². The average Bonchev–Trinajstić information content (AvgIpc) is 2.52. The Morgan fingerprint density at radius 2 is 2.23 bits per heavy atom. The predicted octanol–water partition coefficient (Wildman–Crippen LogP) is 0.766. The molecular weight excluding hydrogens is 190 g/mol. The summed E-state index contributed by atoms with van der Waals surface area (Å²) in [6.45, 7) is 2.17. The molecule has 0 spiro atoms. The van der Waals surface area contributed by atoms with E-state index in [0.29, 0.717) is 13.0 Å². The van der Waals surface area contributed by atoms with Crippen LogP contribution in [-0.4, -0.2) is 28.6 Å². The van der Waals surface area contributed by atoms with Gasteiger partial charge in [0, 0.05) is 6.54 Å². The molecule has 0 saturated carbocycles. The van der Waals surface area contributed by atoms with Gasteiger partial charge in [-0.2, -0.15) is 0 Å². The molecule has 1 atom stereocenters. The molecule has 1 aliphatic heterocycles. The van der Waals surface area contributed by atoms with Crippen LogP contribution < -0.4 is 0 Å². The topological polar surface area (TPSA) is 37.4 Å². The molecule has 1 fully saturated rings. The van der Waals surface area contributed by atoms with Gasteiger partial charge in [-0.25, -0.2) is 0 Å². The van der Waals surface area contributed by atoms with Crippen molar-refractivity contribution in [1.29, 1.82) is 0 Å². The number of amides is 1. The third-order valence-electron chi connectivity index (χ3n) is 2.01. The van der Waals surface area contributed by atoms with E-state index < -0.39 is 11.3 Å². The molecule has 0 bridgehead atoms. The maximum Gasteiger partial charge on any atom is 0.299 e. The highest BCUT2D eigenvalue weighted by molar-refractivity contribution is 6.64. The molecular formula is C9H10ClNO2. The summed E-state index contributed by atoms with van der Waals surface area (Å²) in [6.07, 6.45) is 1.47. The van der Waals surface area contributed by atoms with Crippen LogP contribution in [0.2, 0.25) is 0 Å². The highest BCUT2D eigenvalue weighted by atomic mass is 35.5. The summed E-state index contributed by atoms with van der Waals surface area (Å²) in [6, 6.07) is -0.463. The summed E-state index contributed by atoms with van der Waals surface area (Å²) in [5.41, 5.74) is 0. The van der Waals surface area contributed by atoms with Gasteiger partial charge in [-0.15, -0.1) is 0 Å². The molecule has 1 saturated heterocycles. The van der Waals surface area contributed by atoms with Gasteiger partial charge in [0.05, 0.1) is 0 Å². The number of rotatable bonds is 1. The van der Waals surface area contributed by atoms with Gasteiger partial charge >= 0.3 is 0 Å². The van der Waals surface area contributed by atoms with E-state index in [1.807, 2.05) is 0 Å². The second-order valence-electron chi connectivity index (χ2n) is 2.84. The quantitative estimate of drug-likeness (QED) is 0.462. The summed E-state index contributed by atoms with van der Waals surface area (Å²) in [5.74, 6) is 4.60. The first-order chi connectivity index (χ1) is 6.16. The van der Waals surface area contributed by atoms with Crippen LogP contribution in [0.4, 0.5) is 0 Å². The Morgan fingerprint density at radius 3 is 2.77 bits per heavy atom. The lowest BCUT2D eigenvalue weighted by molar-refractivity contribution is -0.130. The molecule has 13 heavy (non-hydrogen) atoms. The SMILES string of the molecule is CC#CC(=O)N1CCC[C@H]1C(=O)Cl. The highest BCUT2D eigenvalue weighted by Gasteiger charge is 2.32. The largest absolute Gasteiger partial charge is 0.321 e. The second-order valence-corrected chi connectivity index (χ2v) is 3.21. The fraction of sp³-hybridized carbons (Fsp3) is 0.556. The molecule has 0 N–H and O–H groups in total. The minimum absolute atomic E-state index is 0.306. The van der Waals surface area contributed by atoms with E-state index in [1.165, 1.54) is 4.90 Å². The van der Waals surface area contributed by atoms with Gasteiger partial charge in [0.25, 0.3) is 5.91 Å². The maximum absolute atomic E-state index is 11.3. The minimum Gasteiger partial charge on any atom is -0.321 e. The lowest BCUT2D eigenvalue weighted by Crippen LogP contribution is -2.38. The van der Waals surface area contributed by atoms with Crippen molar-refractivity contribution in [2.45, 2.75) is 25.8 Å². The van der Waals surface area contributed by atoms with Crippen LogP contribution in [0.3, 0.4) is 0 Å². The first-order valence-electron chi connectivity index (χ1n) is 4.09. The molecule has 4 heteroatoms. The van der Waals surface area contributed by atoms with Gasteiger partial charge in [-0.05, 0) is 37.3 Å². The smallest absolute Gasteiger partial charge is 0.299 e. The fourth-order valence-corrected chi connectivity index (χ4v) is 1.65. The van der Waals surface area contributed by atoms with Gasteiger partial charge in [0.2, 0.25) is 5.24 Å². The van der Waals surface area contributed by atoms with Crippen molar-refractivity contribution in [3.63, 3.8) is 0 Å². The monoisotopic (exact) mass is 199 g/mol. The standard InChI is InChI=1S/C9H10ClNO2/c1-2-4-8(12)11-6-3-5-7(11)9(10)13/h7H,3,5-6H2,1H3/t7-/m0/s1. The van der Waals surface area contributed by atoms with E-state index in [4.69, 9.17) is 11.6 Å². The highest BCUT2D eigenvalue weighted by Crippen LogP contribution is 2.18. The Morgan fingerprint density at radius 1 is 1.54 bits per heavy atom. The molecule has 70 valence electrons. The zero-order chi connectivity index (χ0) is 9.84. The summed E-state index contributed by atoms with van der Waals surface area (Å²) < 4.78 is 0. The van der Waals surface area contributed by atoms with Crippen LogP contribution in [0.25, 0.3) is 0 Å². The van der Waals surface area contributed by atoms with Crippen molar-refractivity contribution in [1.82, 2.24) is 4.90 Å². The first kappa shape index (κ1) is 10.1. The average molecular weight is 200 g/mol. The Kier molecular flexibility index (Phi) is 3.32. The molecule has 0 unspecified atom stereocenters. The van der Waals surface area contributed by atoms with E-state index in [9.17, 15) is 9.59 Å². The van der Waals surface area contributed by atoms with Crippen molar-refractivity contribution >= 4 is 22.8 Å². The van der Waals surface area contributed by atoms with E-state index in [2.05, 4.69) is 11.8 Å². The van der Waals surface area contributed by atoms with Crippen molar-refractivity contribution in [3.8, 4) is 11.8 Å². The van der Waals surface area contributed by atoms with E-state index in [-0.39, 0.29) is 5.91 Å². The molecule has 1 amide bonds. The third kappa shape index (κ3) is 2.22. The number of likely N-dealkylation sites (tertiary alicyclic amines) is 1. The molecule has 1 aliphatic rings. The Balaban J connectivity index is 2.72. The lowest BCUT2D eigenvalue weighted by atomic mass is 10.2. The third-order valence-corrected chi connectivity index (χ3v) is 2.26. The summed E-state index contributed by atoms with van der Waals surface area (Å²) in [7, 11) is 0. The number of hydrogen-bond donors (Lipinski definition) is 0. The van der Waals surface area contributed by atoms with Gasteiger partial charge in [-0.1, -0.05) is 5.92 Å². The number of hydrogen-bond acceptors (Lipinski definition) is 2. The molecule has 0 aromatic carbocycles. The summed E-state index contributed by atoms with van der Waals surface area (Å²) in [5, 5.41) is -0.469. The normalized spacial score (nSPS) is 20.8. The molecule has 0 aliphatic carbocycles. The van der Waals surface area contributed by atoms with Crippen LogP contribution in [0.15, 0.2) is 0 Å². The van der Waals surface area contributed by atoms with Crippen molar-refractivity contribution in [2.75, 3.05) is 6.54 Å². The Labute approximate surface area is 82.0 Å². The number of nitrogens with zero attached hydrogens (tertiary/aromatic N) is 1. The second kappa shape index (κ2) is 4.29. The van der Waals surface area contributed by atoms with Crippen LogP contribution in [0, 0.1) is 11.8 Å². The van der Waals surface area contributed by atoms with Gasteiger partial charge in [-0.3, -0.25) is 9.59 Å². The number of carbonyl (C=O) groups excluding carboxylic acids is 2. The van der Waals surface area contributed by atoms with Crippen molar-refractivity contribution < 1.29 is 9.59 Å². The van der Waals surface area contributed by atoms with Gasteiger partial charge in [0.1, 0.15) is 6.04 Å². The maximum atomic E-state index is 11.3. The zero-order valence-electron chi connectivity index (χ0n) is 7.34. The molecule has 0 aromatic rings. The van der Waals surface area contributed by atoms with Crippen LogP contribution in [0.5, 0.6) is 0 Å². The van der Waals surface area contributed by atoms with Crippen LogP contribution in [-0.2, 0) is 9.59 Å². The van der Waals surface area contributed by atoms with Crippen molar-refractivity contribution in [2.24, 2.45) is 0 Å². The van der Waals surface area contributed by atoms with Crippen LogP contribution in [0.1, 0.15) is 19.8 Å². The molecule has 1 heterocycles. The van der Waals surface area contributed by atoms with Crippen molar-refractivity contribution in [3.05, 3.63) is 0 Å². The fourth-order valence-electron chi connectivity index (χ4n) is 1.42. The number of carbonyl (C=O) groups is 2. The molecule has 0 radical (unpaired) electrons. The molecule has 3 nitrogen and oxygen atoms in total. The van der Waals surface area contributed by atoms with E-state index >= 15 is 0 Å². The zero-order valence-corrected chi connectivity index (χ0v) is 8.10. The minimum atomic E-state index is -0.469. The lowest BCUT2D eigenvalue weighted by Gasteiger charge is -2.18. The molecule has 1 rings (SSSR count). The van der Waals surface area contributed by atoms with Crippen LogP contribution >= 0.6 is 11.6 Å². The van der Waals surface area contributed by atoms with Gasteiger partial charge in [0.15, 0.2) is 0 Å². The summed E-state index contributed by atoms with van der Waals surface area (Å²) in [4.78, 5) is 23.6. The number of halogens is 1. The van der Waals surface area contributed by atoms with E-state index in [0.717, 1.165) is 6.42 Å².